The molecule has 0 aliphatic rings. The van der Waals surface area contributed by atoms with Gasteiger partial charge in [0.1, 0.15) is 5.75 Å². The van der Waals surface area contributed by atoms with Crippen LogP contribution in [0.2, 0.25) is 0 Å². The first-order valence-electron chi connectivity index (χ1n) is 6.47. The number of alkyl halides is 3. The van der Waals surface area contributed by atoms with Crippen LogP contribution in [0.4, 0.5) is 13.2 Å². The second-order valence-electron chi connectivity index (χ2n) is 4.71. The Kier molecular flexibility index (Phi) is 6.14. The van der Waals surface area contributed by atoms with Gasteiger partial charge in [-0.15, -0.1) is 0 Å². The third-order valence-electron chi connectivity index (χ3n) is 2.75. The predicted octanol–water partition coefficient (Wildman–Crippen LogP) is 2.92. The molecule has 0 aliphatic heterocycles. The number of benzene rings is 1. The minimum atomic E-state index is -4.26. The summed E-state index contributed by atoms with van der Waals surface area (Å²) in [5.74, 6) is 1.08. The summed E-state index contributed by atoms with van der Waals surface area (Å²) in [5.41, 5.74) is 6.57. The summed E-state index contributed by atoms with van der Waals surface area (Å²) in [6, 6.07) is 3.11. The van der Waals surface area contributed by atoms with Crippen LogP contribution < -0.4 is 19.9 Å². The van der Waals surface area contributed by atoms with E-state index in [0.717, 1.165) is 5.56 Å². The molecule has 0 saturated heterocycles. The van der Waals surface area contributed by atoms with Gasteiger partial charge >= 0.3 is 6.18 Å². The molecule has 0 amide bonds. The molecular weight excluding hydrogens is 287 g/mol. The summed E-state index contributed by atoms with van der Waals surface area (Å²) in [4.78, 5) is 0. The van der Waals surface area contributed by atoms with Gasteiger partial charge in [0.25, 0.3) is 0 Å². The van der Waals surface area contributed by atoms with E-state index in [1.165, 1.54) is 20.3 Å². The maximum absolute atomic E-state index is 12.1. The van der Waals surface area contributed by atoms with Crippen molar-refractivity contribution in [2.45, 2.75) is 32.0 Å². The molecule has 1 unspecified atom stereocenters. The third kappa shape index (κ3) is 5.71. The Morgan fingerprint density at radius 1 is 1.10 bits per heavy atom. The van der Waals surface area contributed by atoms with Gasteiger partial charge in [0, 0.05) is 12.1 Å². The first-order chi connectivity index (χ1) is 9.76. The van der Waals surface area contributed by atoms with Crippen LogP contribution in [0.3, 0.4) is 0 Å². The Morgan fingerprint density at radius 3 is 2.19 bits per heavy atom. The lowest BCUT2D eigenvalue weighted by atomic mass is 10.1. The quantitative estimate of drug-likeness (QED) is 0.841. The molecule has 1 atom stereocenters. The van der Waals surface area contributed by atoms with Crippen LogP contribution in [-0.4, -0.2) is 33.0 Å². The molecule has 0 fully saturated rings. The number of rotatable bonds is 7. The number of nitrogens with two attached hydrogens (primary N) is 1. The lowest BCUT2D eigenvalue weighted by molar-refractivity contribution is -0.139. The number of methoxy groups -OCH3 is 2. The summed E-state index contributed by atoms with van der Waals surface area (Å²) < 4.78 is 51.9. The van der Waals surface area contributed by atoms with Crippen LogP contribution in [0.1, 0.15) is 18.9 Å². The molecule has 7 heteroatoms. The molecule has 0 spiro atoms. The Bertz CT molecular complexity index is 462. The molecule has 1 rings (SSSR count). The second-order valence-corrected chi connectivity index (χ2v) is 4.71. The van der Waals surface area contributed by atoms with Crippen LogP contribution >= 0.6 is 0 Å². The summed E-state index contributed by atoms with van der Waals surface area (Å²) in [7, 11) is 2.90. The van der Waals surface area contributed by atoms with E-state index in [9.17, 15) is 13.2 Å². The monoisotopic (exact) mass is 307 g/mol. The number of hydrogen-bond acceptors (Lipinski definition) is 4. The zero-order chi connectivity index (χ0) is 16.0. The standard InChI is InChI=1S/C14H20F3NO3/c1-9(18)6-10-7-12(20-3)13(8-11(10)19-2)21-5-4-14(15,16)17/h7-9H,4-6,18H2,1-3H3. The molecule has 2 N–H and O–H groups in total. The van der Waals surface area contributed by atoms with Gasteiger partial charge in [0.05, 0.1) is 27.2 Å². The van der Waals surface area contributed by atoms with Crippen molar-refractivity contribution in [3.05, 3.63) is 17.7 Å². The van der Waals surface area contributed by atoms with E-state index in [2.05, 4.69) is 0 Å². The summed E-state index contributed by atoms with van der Waals surface area (Å²) in [6.45, 7) is 1.37. The largest absolute Gasteiger partial charge is 0.496 e. The van der Waals surface area contributed by atoms with Crippen LogP contribution in [-0.2, 0) is 6.42 Å². The maximum atomic E-state index is 12.1. The van der Waals surface area contributed by atoms with E-state index in [1.807, 2.05) is 6.92 Å². The van der Waals surface area contributed by atoms with Crippen molar-refractivity contribution in [2.75, 3.05) is 20.8 Å². The number of hydrogen-bond donors (Lipinski definition) is 1. The van der Waals surface area contributed by atoms with Gasteiger partial charge in [-0.05, 0) is 25.0 Å². The van der Waals surface area contributed by atoms with Crippen molar-refractivity contribution in [3.8, 4) is 17.2 Å². The highest BCUT2D eigenvalue weighted by atomic mass is 19.4. The van der Waals surface area contributed by atoms with E-state index < -0.39 is 19.2 Å². The second kappa shape index (κ2) is 7.40. The molecule has 120 valence electrons. The Morgan fingerprint density at radius 2 is 1.71 bits per heavy atom. The first-order valence-corrected chi connectivity index (χ1v) is 6.47. The topological polar surface area (TPSA) is 53.7 Å². The fourth-order valence-electron chi connectivity index (χ4n) is 1.83. The molecule has 1 aromatic rings. The van der Waals surface area contributed by atoms with Gasteiger partial charge in [-0.2, -0.15) is 13.2 Å². The molecule has 0 radical (unpaired) electrons. The third-order valence-corrected chi connectivity index (χ3v) is 2.75. The SMILES string of the molecule is COc1cc(OCCC(F)(F)F)c(OC)cc1CC(C)N. The highest BCUT2D eigenvalue weighted by Gasteiger charge is 2.27. The van der Waals surface area contributed by atoms with Crippen LogP contribution in [0.25, 0.3) is 0 Å². The molecule has 0 heterocycles. The highest BCUT2D eigenvalue weighted by Crippen LogP contribution is 2.35. The van der Waals surface area contributed by atoms with Crippen molar-refractivity contribution in [1.29, 1.82) is 0 Å². The molecular formula is C14H20F3NO3. The molecule has 0 aliphatic carbocycles. The zero-order valence-corrected chi connectivity index (χ0v) is 12.3. The van der Waals surface area contributed by atoms with Crippen LogP contribution in [0, 0.1) is 0 Å². The smallest absolute Gasteiger partial charge is 0.392 e. The van der Waals surface area contributed by atoms with Gasteiger partial charge in [0.2, 0.25) is 0 Å². The summed E-state index contributed by atoms with van der Waals surface area (Å²) in [5, 5.41) is 0. The minimum absolute atomic E-state index is 0.0828. The van der Waals surface area contributed by atoms with Crippen molar-refractivity contribution >= 4 is 0 Å². The fourth-order valence-corrected chi connectivity index (χ4v) is 1.83. The Labute approximate surface area is 122 Å². The predicted molar refractivity (Wildman–Crippen MR) is 73.1 cm³/mol. The number of ether oxygens (including phenoxy) is 3. The molecule has 0 aromatic heterocycles. The molecule has 0 bridgehead atoms. The van der Waals surface area contributed by atoms with E-state index in [4.69, 9.17) is 19.9 Å². The van der Waals surface area contributed by atoms with Crippen LogP contribution in [0.15, 0.2) is 12.1 Å². The highest BCUT2D eigenvalue weighted by molar-refractivity contribution is 5.51. The van der Waals surface area contributed by atoms with Crippen molar-refractivity contribution < 1.29 is 27.4 Å². The van der Waals surface area contributed by atoms with Gasteiger partial charge in [-0.3, -0.25) is 0 Å². The number of halogens is 3. The van der Waals surface area contributed by atoms with E-state index in [1.54, 1.807) is 6.07 Å². The molecule has 21 heavy (non-hydrogen) atoms. The molecule has 1 aromatic carbocycles. The average Bonchev–Trinajstić information content (AvgIpc) is 2.37. The minimum Gasteiger partial charge on any atom is -0.496 e. The van der Waals surface area contributed by atoms with E-state index in [0.29, 0.717) is 17.9 Å². The lowest BCUT2D eigenvalue weighted by Gasteiger charge is -2.17. The van der Waals surface area contributed by atoms with Gasteiger partial charge in [-0.25, -0.2) is 0 Å². The molecule has 4 nitrogen and oxygen atoms in total. The van der Waals surface area contributed by atoms with Gasteiger partial charge < -0.3 is 19.9 Å². The normalized spacial score (nSPS) is 12.9. The van der Waals surface area contributed by atoms with Crippen molar-refractivity contribution in [2.24, 2.45) is 5.73 Å². The van der Waals surface area contributed by atoms with Gasteiger partial charge in [0.15, 0.2) is 11.5 Å². The van der Waals surface area contributed by atoms with Crippen LogP contribution in [0.5, 0.6) is 17.2 Å². The summed E-state index contributed by atoms with van der Waals surface area (Å²) in [6.07, 6.45) is -4.73. The first kappa shape index (κ1) is 17.4. The Hall–Kier alpha value is -1.63. The lowest BCUT2D eigenvalue weighted by Crippen LogP contribution is -2.18. The molecule has 0 saturated carbocycles. The summed E-state index contributed by atoms with van der Waals surface area (Å²) >= 11 is 0. The van der Waals surface area contributed by atoms with E-state index in [-0.39, 0.29) is 11.8 Å². The van der Waals surface area contributed by atoms with Gasteiger partial charge in [-0.1, -0.05) is 0 Å². The van der Waals surface area contributed by atoms with Crippen molar-refractivity contribution in [1.82, 2.24) is 0 Å². The average molecular weight is 307 g/mol. The maximum Gasteiger partial charge on any atom is 0.392 e. The van der Waals surface area contributed by atoms with E-state index >= 15 is 0 Å². The zero-order valence-electron chi connectivity index (χ0n) is 12.3. The van der Waals surface area contributed by atoms with Crippen molar-refractivity contribution in [3.63, 3.8) is 0 Å². The Balaban J connectivity index is 2.93. The fraction of sp³-hybridized carbons (Fsp3) is 0.571.